The van der Waals surface area contributed by atoms with Crippen LogP contribution in [0.25, 0.3) is 0 Å². The van der Waals surface area contributed by atoms with Crippen LogP contribution in [-0.2, 0) is 32.6 Å². The van der Waals surface area contributed by atoms with E-state index < -0.39 is 28.5 Å². The molecule has 0 saturated heterocycles. The van der Waals surface area contributed by atoms with E-state index in [1.165, 1.54) is 23.1 Å². The molecule has 196 valence electrons. The van der Waals surface area contributed by atoms with Crippen molar-refractivity contribution in [2.45, 2.75) is 25.9 Å². The fourth-order valence-corrected chi connectivity index (χ4v) is 5.27. The van der Waals surface area contributed by atoms with Crippen LogP contribution in [0.1, 0.15) is 18.1 Å². The first-order valence-corrected chi connectivity index (χ1v) is 14.3. The number of carbonyl (C=O) groups excluding carboxylic acids is 2. The van der Waals surface area contributed by atoms with Crippen molar-refractivity contribution in [1.29, 1.82) is 0 Å². The first-order chi connectivity index (χ1) is 17.6. The first kappa shape index (κ1) is 28.5. The highest BCUT2D eigenvalue weighted by Crippen LogP contribution is 2.27. The van der Waals surface area contributed by atoms with Gasteiger partial charge in [-0.1, -0.05) is 83.9 Å². The van der Waals surface area contributed by atoms with Crippen LogP contribution in [0, 0.1) is 0 Å². The number of likely N-dealkylation sites (N-methyl/N-ethyl adjacent to an activating group) is 1. The van der Waals surface area contributed by atoms with E-state index in [1.54, 1.807) is 6.92 Å². The minimum atomic E-state index is -3.90. The van der Waals surface area contributed by atoms with Crippen molar-refractivity contribution in [3.05, 3.63) is 100 Å². The zero-order chi connectivity index (χ0) is 27.0. The molecule has 0 fully saturated rings. The Kier molecular flexibility index (Phi) is 9.97. The lowest BCUT2D eigenvalue weighted by molar-refractivity contribution is -0.140. The number of sulfonamides is 1. The molecule has 7 nitrogen and oxygen atoms in total. The maximum atomic E-state index is 13.9. The standard InChI is InChI=1S/C27H29Cl2N3O4S/c1-3-30-27(34)25(14-20-10-6-4-7-11-20)31(18-21-12-8-5-9-13-21)26(33)19-32(37(2,35)36)24-16-22(28)15-23(29)17-24/h4-13,15-17,25H,3,14,18-19H2,1-2H3,(H,30,34)/t25-/m1/s1. The van der Waals surface area contributed by atoms with E-state index >= 15 is 0 Å². The zero-order valence-corrected chi connectivity index (χ0v) is 22.9. The lowest BCUT2D eigenvalue weighted by Crippen LogP contribution is -2.53. The van der Waals surface area contributed by atoms with E-state index in [2.05, 4.69) is 5.32 Å². The van der Waals surface area contributed by atoms with E-state index in [1.807, 2.05) is 60.7 Å². The molecule has 0 saturated carbocycles. The minimum Gasteiger partial charge on any atom is -0.355 e. The number of anilines is 1. The predicted molar refractivity (Wildman–Crippen MR) is 148 cm³/mol. The Morgan fingerprint density at radius 1 is 0.892 bits per heavy atom. The third-order valence-corrected chi connectivity index (χ3v) is 7.21. The smallest absolute Gasteiger partial charge is 0.244 e. The van der Waals surface area contributed by atoms with Gasteiger partial charge in [0, 0.05) is 29.6 Å². The number of amides is 2. The fourth-order valence-electron chi connectivity index (χ4n) is 3.92. The lowest BCUT2D eigenvalue weighted by atomic mass is 10.0. The van der Waals surface area contributed by atoms with Crippen molar-refractivity contribution in [2.24, 2.45) is 0 Å². The summed E-state index contributed by atoms with van der Waals surface area (Å²) in [5.74, 6) is -0.870. The molecule has 2 amide bonds. The maximum Gasteiger partial charge on any atom is 0.244 e. The van der Waals surface area contributed by atoms with Gasteiger partial charge in [0.05, 0.1) is 11.9 Å². The van der Waals surface area contributed by atoms with Crippen LogP contribution in [-0.4, -0.2) is 50.5 Å². The number of nitrogens with one attached hydrogen (secondary N) is 1. The van der Waals surface area contributed by atoms with E-state index in [-0.39, 0.29) is 34.6 Å². The molecule has 3 aromatic carbocycles. The second-order valence-electron chi connectivity index (χ2n) is 8.50. The van der Waals surface area contributed by atoms with Gasteiger partial charge in [-0.2, -0.15) is 0 Å². The number of nitrogens with zero attached hydrogens (tertiary/aromatic N) is 2. The van der Waals surface area contributed by atoms with Crippen molar-refractivity contribution < 1.29 is 18.0 Å². The van der Waals surface area contributed by atoms with Gasteiger partial charge in [-0.15, -0.1) is 0 Å². The molecule has 0 aliphatic carbocycles. The molecule has 0 unspecified atom stereocenters. The highest BCUT2D eigenvalue weighted by molar-refractivity contribution is 7.92. The Morgan fingerprint density at radius 2 is 1.43 bits per heavy atom. The van der Waals surface area contributed by atoms with Crippen molar-refractivity contribution in [1.82, 2.24) is 10.2 Å². The summed E-state index contributed by atoms with van der Waals surface area (Å²) in [6.07, 6.45) is 1.26. The minimum absolute atomic E-state index is 0.113. The van der Waals surface area contributed by atoms with Gasteiger partial charge in [-0.05, 0) is 36.2 Å². The molecular formula is C27H29Cl2N3O4S. The molecule has 0 bridgehead atoms. The lowest BCUT2D eigenvalue weighted by Gasteiger charge is -2.33. The summed E-state index contributed by atoms with van der Waals surface area (Å²) < 4.78 is 26.5. The van der Waals surface area contributed by atoms with Gasteiger partial charge in [0.15, 0.2) is 0 Å². The highest BCUT2D eigenvalue weighted by atomic mass is 35.5. The van der Waals surface area contributed by atoms with Gasteiger partial charge in [-0.3, -0.25) is 13.9 Å². The summed E-state index contributed by atoms with van der Waals surface area (Å²) in [6, 6.07) is 22.0. The molecule has 0 aliphatic rings. The van der Waals surface area contributed by atoms with Crippen molar-refractivity contribution in [2.75, 3.05) is 23.7 Å². The fraction of sp³-hybridized carbons (Fsp3) is 0.259. The SMILES string of the molecule is CCNC(=O)[C@@H](Cc1ccccc1)N(Cc1ccccc1)C(=O)CN(c1cc(Cl)cc(Cl)c1)S(C)(=O)=O. The van der Waals surface area contributed by atoms with Crippen LogP contribution in [0.4, 0.5) is 5.69 Å². The van der Waals surface area contributed by atoms with Crippen molar-refractivity contribution >= 4 is 50.7 Å². The van der Waals surface area contributed by atoms with E-state index in [0.29, 0.717) is 6.54 Å². The van der Waals surface area contributed by atoms with E-state index in [9.17, 15) is 18.0 Å². The zero-order valence-electron chi connectivity index (χ0n) is 20.6. The Labute approximate surface area is 228 Å². The summed E-state index contributed by atoms with van der Waals surface area (Å²) in [5, 5.41) is 3.28. The molecule has 0 aliphatic heterocycles. The van der Waals surface area contributed by atoms with Gasteiger partial charge in [0.25, 0.3) is 0 Å². The molecule has 0 spiro atoms. The normalized spacial score (nSPS) is 12.0. The van der Waals surface area contributed by atoms with Crippen molar-refractivity contribution in [3.63, 3.8) is 0 Å². The first-order valence-electron chi connectivity index (χ1n) is 11.7. The maximum absolute atomic E-state index is 13.9. The molecular weight excluding hydrogens is 533 g/mol. The molecule has 0 aromatic heterocycles. The van der Waals surface area contributed by atoms with E-state index in [4.69, 9.17) is 23.2 Å². The van der Waals surface area contributed by atoms with Gasteiger partial charge in [0.2, 0.25) is 21.8 Å². The Bertz CT molecular complexity index is 1300. The second-order valence-corrected chi connectivity index (χ2v) is 11.3. The molecule has 3 aromatic rings. The molecule has 0 radical (unpaired) electrons. The number of rotatable bonds is 11. The quantitative estimate of drug-likeness (QED) is 0.372. The number of hydrogen-bond acceptors (Lipinski definition) is 4. The summed E-state index contributed by atoms with van der Waals surface area (Å²) in [7, 11) is -3.90. The third kappa shape index (κ3) is 8.21. The molecule has 1 atom stereocenters. The van der Waals surface area contributed by atoms with Gasteiger partial charge in [0.1, 0.15) is 12.6 Å². The Hall–Kier alpha value is -3.07. The third-order valence-electron chi connectivity index (χ3n) is 5.63. The van der Waals surface area contributed by atoms with Crippen LogP contribution in [0.3, 0.4) is 0 Å². The molecule has 37 heavy (non-hydrogen) atoms. The summed E-state index contributed by atoms with van der Waals surface area (Å²) in [5.41, 5.74) is 1.83. The predicted octanol–water partition coefficient (Wildman–Crippen LogP) is 4.54. The van der Waals surface area contributed by atoms with Gasteiger partial charge in [-0.25, -0.2) is 8.42 Å². The van der Waals surface area contributed by atoms with Crippen LogP contribution >= 0.6 is 23.2 Å². The highest BCUT2D eigenvalue weighted by Gasteiger charge is 2.33. The molecule has 3 rings (SSSR count). The average molecular weight is 563 g/mol. The number of hydrogen-bond donors (Lipinski definition) is 1. The molecule has 0 heterocycles. The van der Waals surface area contributed by atoms with Crippen LogP contribution in [0.5, 0.6) is 0 Å². The van der Waals surface area contributed by atoms with Crippen LogP contribution in [0.15, 0.2) is 78.9 Å². The van der Waals surface area contributed by atoms with Gasteiger partial charge < -0.3 is 10.2 Å². The summed E-state index contributed by atoms with van der Waals surface area (Å²) in [6.45, 7) is 1.76. The molecule has 10 heteroatoms. The second kappa shape index (κ2) is 12.9. The van der Waals surface area contributed by atoms with E-state index in [0.717, 1.165) is 21.7 Å². The van der Waals surface area contributed by atoms with Gasteiger partial charge >= 0.3 is 0 Å². The summed E-state index contributed by atoms with van der Waals surface area (Å²) in [4.78, 5) is 28.5. The van der Waals surface area contributed by atoms with Crippen molar-refractivity contribution in [3.8, 4) is 0 Å². The number of carbonyl (C=O) groups is 2. The topological polar surface area (TPSA) is 86.8 Å². The summed E-state index contributed by atoms with van der Waals surface area (Å²) >= 11 is 12.2. The van der Waals surface area contributed by atoms with Crippen LogP contribution < -0.4 is 9.62 Å². The monoisotopic (exact) mass is 561 g/mol. The molecule has 1 N–H and O–H groups in total. The largest absolute Gasteiger partial charge is 0.355 e. The Morgan fingerprint density at radius 3 is 1.95 bits per heavy atom. The van der Waals surface area contributed by atoms with Crippen LogP contribution in [0.2, 0.25) is 10.0 Å². The Balaban J connectivity index is 2.03. The number of benzene rings is 3. The average Bonchev–Trinajstić information content (AvgIpc) is 2.84. The number of halogens is 2.